The number of imide groups is 2. The Morgan fingerprint density at radius 3 is 2.41 bits per heavy atom. The van der Waals surface area contributed by atoms with Crippen LogP contribution in [0.1, 0.15) is 37.1 Å². The number of Topliss-reactive ketones (excluding diaryl/α,β-unsaturated/α-hetero) is 1. The van der Waals surface area contributed by atoms with E-state index in [0.29, 0.717) is 27.3 Å². The predicted octanol–water partition coefficient (Wildman–Crippen LogP) is 3.92. The molecule has 0 radical (unpaired) electrons. The highest BCUT2D eigenvalue weighted by molar-refractivity contribution is 7.12. The highest BCUT2D eigenvalue weighted by Gasteiger charge is 2.45. The van der Waals surface area contributed by atoms with Crippen LogP contribution in [0.5, 0.6) is 0 Å². The molecule has 3 aromatic rings. The molecular formula is C22H16N2O4S. The summed E-state index contributed by atoms with van der Waals surface area (Å²) in [6, 6.07) is 16.0. The molecule has 144 valence electrons. The minimum Gasteiger partial charge on any atom is -0.292 e. The maximum Gasteiger partial charge on any atom is 0.335 e. The number of hydrogen-bond acceptors (Lipinski definition) is 5. The maximum absolute atomic E-state index is 13.1. The van der Waals surface area contributed by atoms with Gasteiger partial charge >= 0.3 is 6.03 Å². The fourth-order valence-corrected chi connectivity index (χ4v) is 4.08. The first-order valence-electron chi connectivity index (χ1n) is 8.90. The normalized spacial score (nSPS) is 15.1. The summed E-state index contributed by atoms with van der Waals surface area (Å²) in [5, 5.41) is 4.02. The van der Waals surface area contributed by atoms with Crippen LogP contribution in [0.2, 0.25) is 0 Å². The molecule has 4 amide bonds. The number of urea groups is 1. The molecule has 2 aromatic carbocycles. The van der Waals surface area contributed by atoms with Crippen molar-refractivity contribution in [2.24, 2.45) is 0 Å². The zero-order valence-electron chi connectivity index (χ0n) is 15.4. The molecular weight excluding hydrogens is 388 g/mol. The minimum absolute atomic E-state index is 0.308. The van der Waals surface area contributed by atoms with Crippen molar-refractivity contribution in [2.45, 2.75) is 12.8 Å². The first-order chi connectivity index (χ1) is 14.0. The van der Waals surface area contributed by atoms with Crippen LogP contribution in [0.25, 0.3) is 0 Å². The van der Waals surface area contributed by atoms with E-state index in [1.165, 1.54) is 11.3 Å². The number of benzene rings is 2. The summed E-state index contributed by atoms with van der Waals surface area (Å²) < 4.78 is 0. The van der Waals surface area contributed by atoms with E-state index in [1.807, 2.05) is 0 Å². The molecule has 0 saturated carbocycles. The Hall–Kier alpha value is -3.58. The molecule has 1 atom stereocenters. The fraction of sp³-hybridized carbons (Fsp3) is 0.0909. The fourth-order valence-electron chi connectivity index (χ4n) is 3.39. The number of para-hydroxylation sites is 1. The number of rotatable bonds is 3. The molecule has 4 rings (SSSR count). The van der Waals surface area contributed by atoms with Crippen molar-refractivity contribution in [1.29, 1.82) is 0 Å². The van der Waals surface area contributed by atoms with Crippen molar-refractivity contribution in [3.05, 3.63) is 87.6 Å². The smallest absolute Gasteiger partial charge is 0.292 e. The molecule has 0 spiro atoms. The summed E-state index contributed by atoms with van der Waals surface area (Å²) in [4.78, 5) is 52.6. The van der Waals surface area contributed by atoms with Crippen molar-refractivity contribution in [2.75, 3.05) is 4.90 Å². The topological polar surface area (TPSA) is 83.6 Å². The standard InChI is InChI=1S/C22H16N2O4S/c1-13-7-2-3-8-14(13)20(26)23-22(28)24-16-10-5-4-9-15(16)18(21(24)27)19(25)17-11-6-12-29-17/h2-12,18H,1H3,(H,23,26,28). The van der Waals surface area contributed by atoms with Gasteiger partial charge < -0.3 is 0 Å². The highest BCUT2D eigenvalue weighted by atomic mass is 32.1. The Morgan fingerprint density at radius 1 is 0.966 bits per heavy atom. The number of hydrogen-bond donors (Lipinski definition) is 1. The molecule has 6 nitrogen and oxygen atoms in total. The largest absolute Gasteiger partial charge is 0.335 e. The molecule has 1 unspecified atom stereocenters. The first kappa shape index (κ1) is 18.8. The van der Waals surface area contributed by atoms with Crippen molar-refractivity contribution in [3.63, 3.8) is 0 Å². The van der Waals surface area contributed by atoms with E-state index in [0.717, 1.165) is 4.90 Å². The average Bonchev–Trinajstić information content (AvgIpc) is 3.33. The van der Waals surface area contributed by atoms with Crippen LogP contribution in [0.15, 0.2) is 66.0 Å². The average molecular weight is 404 g/mol. The number of thiophene rings is 1. The van der Waals surface area contributed by atoms with Crippen LogP contribution in [0, 0.1) is 6.92 Å². The van der Waals surface area contributed by atoms with Crippen LogP contribution in [-0.2, 0) is 4.79 Å². The van der Waals surface area contributed by atoms with E-state index in [1.54, 1.807) is 73.0 Å². The van der Waals surface area contributed by atoms with Crippen molar-refractivity contribution in [3.8, 4) is 0 Å². The second-order valence-corrected chi connectivity index (χ2v) is 7.53. The summed E-state index contributed by atoms with van der Waals surface area (Å²) in [5.41, 5.74) is 1.81. The Kier molecular flexibility index (Phi) is 4.82. The molecule has 0 saturated heterocycles. The van der Waals surface area contributed by atoms with E-state index in [9.17, 15) is 19.2 Å². The predicted molar refractivity (Wildman–Crippen MR) is 109 cm³/mol. The molecule has 2 heterocycles. The summed E-state index contributed by atoms with van der Waals surface area (Å²) in [5.74, 6) is -2.74. The molecule has 0 fully saturated rings. The minimum atomic E-state index is -1.11. The number of ketones is 1. The van der Waals surface area contributed by atoms with Gasteiger partial charge in [-0.2, -0.15) is 0 Å². The molecule has 0 bridgehead atoms. The van der Waals surface area contributed by atoms with Crippen LogP contribution >= 0.6 is 11.3 Å². The SMILES string of the molecule is Cc1ccccc1C(=O)NC(=O)N1C(=O)C(C(=O)c2cccs2)c2ccccc21. The zero-order chi connectivity index (χ0) is 20.5. The monoisotopic (exact) mass is 404 g/mol. The Balaban J connectivity index is 1.65. The van der Waals surface area contributed by atoms with Gasteiger partial charge in [0.1, 0.15) is 5.92 Å². The summed E-state index contributed by atoms with van der Waals surface area (Å²) in [6.07, 6.45) is 0. The quantitative estimate of drug-likeness (QED) is 0.530. The third-order valence-corrected chi connectivity index (χ3v) is 5.68. The van der Waals surface area contributed by atoms with E-state index >= 15 is 0 Å². The summed E-state index contributed by atoms with van der Waals surface area (Å²) in [7, 11) is 0. The number of aryl methyl sites for hydroxylation is 1. The molecule has 29 heavy (non-hydrogen) atoms. The van der Waals surface area contributed by atoms with Gasteiger partial charge in [-0.25, -0.2) is 9.69 Å². The first-order valence-corrected chi connectivity index (χ1v) is 9.78. The van der Waals surface area contributed by atoms with E-state index in [2.05, 4.69) is 5.32 Å². The highest BCUT2D eigenvalue weighted by Crippen LogP contribution is 2.39. The Morgan fingerprint density at radius 2 is 1.69 bits per heavy atom. The molecule has 1 aliphatic rings. The van der Waals surface area contributed by atoms with Gasteiger partial charge in [-0.1, -0.05) is 42.5 Å². The number of carbonyl (C=O) groups is 4. The van der Waals surface area contributed by atoms with Gasteiger partial charge in [-0.3, -0.25) is 19.7 Å². The number of carbonyl (C=O) groups excluding carboxylic acids is 4. The van der Waals surface area contributed by atoms with Crippen LogP contribution in [-0.4, -0.2) is 23.6 Å². The summed E-state index contributed by atoms with van der Waals surface area (Å²) in [6.45, 7) is 1.76. The number of nitrogens with one attached hydrogen (secondary N) is 1. The van der Waals surface area contributed by atoms with E-state index in [4.69, 9.17) is 0 Å². The second-order valence-electron chi connectivity index (χ2n) is 6.58. The van der Waals surface area contributed by atoms with Crippen LogP contribution in [0.4, 0.5) is 10.5 Å². The zero-order valence-corrected chi connectivity index (χ0v) is 16.2. The van der Waals surface area contributed by atoms with E-state index in [-0.39, 0.29) is 5.78 Å². The number of anilines is 1. The Bertz CT molecular complexity index is 1140. The number of nitrogens with zero attached hydrogens (tertiary/aromatic N) is 1. The molecule has 1 N–H and O–H groups in total. The van der Waals surface area contributed by atoms with Gasteiger partial charge in [0.15, 0.2) is 5.78 Å². The molecule has 0 aliphatic carbocycles. The molecule has 7 heteroatoms. The Labute approximate surface area is 170 Å². The van der Waals surface area contributed by atoms with Crippen LogP contribution < -0.4 is 10.2 Å². The lowest BCUT2D eigenvalue weighted by molar-refractivity contribution is -0.117. The number of fused-ring (bicyclic) bond motifs is 1. The van der Waals surface area contributed by atoms with Crippen molar-refractivity contribution in [1.82, 2.24) is 5.32 Å². The third kappa shape index (κ3) is 3.25. The van der Waals surface area contributed by atoms with Gasteiger partial charge in [-0.15, -0.1) is 11.3 Å². The van der Waals surface area contributed by atoms with Gasteiger partial charge in [-0.05, 0) is 41.6 Å². The van der Waals surface area contributed by atoms with Gasteiger partial charge in [0.2, 0.25) is 0 Å². The van der Waals surface area contributed by atoms with Crippen molar-refractivity contribution < 1.29 is 19.2 Å². The lowest BCUT2D eigenvalue weighted by atomic mass is 9.95. The lowest BCUT2D eigenvalue weighted by Gasteiger charge is -2.16. The summed E-state index contributed by atoms with van der Waals surface area (Å²) >= 11 is 1.24. The maximum atomic E-state index is 13.1. The van der Waals surface area contributed by atoms with E-state index < -0.39 is 23.8 Å². The lowest BCUT2D eigenvalue weighted by Crippen LogP contribution is -2.46. The number of amides is 4. The van der Waals surface area contributed by atoms with Crippen molar-refractivity contribution >= 4 is 40.7 Å². The van der Waals surface area contributed by atoms with Gasteiger partial charge in [0, 0.05) is 5.56 Å². The molecule has 1 aromatic heterocycles. The van der Waals surface area contributed by atoms with Gasteiger partial charge in [0.05, 0.1) is 10.6 Å². The third-order valence-electron chi connectivity index (χ3n) is 4.80. The van der Waals surface area contributed by atoms with Gasteiger partial charge in [0.25, 0.3) is 11.8 Å². The second kappa shape index (κ2) is 7.44. The molecule has 1 aliphatic heterocycles. The van der Waals surface area contributed by atoms with Crippen LogP contribution in [0.3, 0.4) is 0 Å².